The van der Waals surface area contributed by atoms with Crippen molar-refractivity contribution in [3.05, 3.63) is 42.4 Å². The van der Waals surface area contributed by atoms with Crippen LogP contribution in [0.3, 0.4) is 0 Å². The molecule has 1 unspecified atom stereocenters. The van der Waals surface area contributed by atoms with Crippen molar-refractivity contribution >= 4 is 33.4 Å². The number of nitrogens with one attached hydrogen (secondary N) is 1. The molecule has 0 aliphatic rings. The molecule has 0 saturated carbocycles. The van der Waals surface area contributed by atoms with E-state index in [1.165, 1.54) is 42.4 Å². The predicted octanol–water partition coefficient (Wildman–Crippen LogP) is 1.94. The molecule has 9 heteroatoms. The highest BCUT2D eigenvalue weighted by molar-refractivity contribution is 8.00. The second-order valence-corrected chi connectivity index (χ2v) is 7.86. The number of benzene rings is 1. The molecule has 1 aromatic heterocycles. The summed E-state index contributed by atoms with van der Waals surface area (Å²) in [5.74, 6) is -0.179. The topological polar surface area (TPSA) is 115 Å². The molecule has 0 fully saturated rings. The van der Waals surface area contributed by atoms with Crippen molar-refractivity contribution in [1.82, 2.24) is 9.97 Å². The first kappa shape index (κ1) is 18.4. The minimum absolute atomic E-state index is 0.00150. The normalized spacial score (nSPS) is 12.6. The molecule has 128 valence electrons. The average Bonchev–Trinajstić information content (AvgIpc) is 2.52. The fraction of sp³-hybridized carbons (Fsp3) is 0.267. The molecule has 1 heterocycles. The Morgan fingerprint density at radius 2 is 1.96 bits per heavy atom. The number of anilines is 1. The van der Waals surface area contributed by atoms with Gasteiger partial charge < -0.3 is 5.32 Å². The monoisotopic (exact) mass is 366 g/mol. The lowest BCUT2D eigenvalue weighted by Crippen LogP contribution is -2.24. The van der Waals surface area contributed by atoms with E-state index >= 15 is 0 Å². The summed E-state index contributed by atoms with van der Waals surface area (Å²) in [6, 6.07) is 7.54. The van der Waals surface area contributed by atoms with Crippen molar-refractivity contribution in [2.45, 2.75) is 35.4 Å². The molecule has 1 atom stereocenters. The highest BCUT2D eigenvalue weighted by atomic mass is 32.2. The summed E-state index contributed by atoms with van der Waals surface area (Å²) in [5.41, 5.74) is 1.34. The molecule has 2 aromatic rings. The number of carbonyl (C=O) groups is 1. The van der Waals surface area contributed by atoms with Crippen molar-refractivity contribution in [3.63, 3.8) is 0 Å². The van der Waals surface area contributed by atoms with Gasteiger partial charge in [0.05, 0.1) is 10.1 Å². The molecule has 0 radical (unpaired) electrons. The van der Waals surface area contributed by atoms with E-state index in [0.717, 1.165) is 10.7 Å². The first-order chi connectivity index (χ1) is 11.3. The Morgan fingerprint density at radius 1 is 1.29 bits per heavy atom. The minimum atomic E-state index is -3.74. The molecule has 24 heavy (non-hydrogen) atoms. The van der Waals surface area contributed by atoms with Gasteiger partial charge in [-0.05, 0) is 43.7 Å². The highest BCUT2D eigenvalue weighted by Gasteiger charge is 2.19. The number of sulfonamides is 1. The lowest BCUT2D eigenvalue weighted by atomic mass is 10.3. The highest BCUT2D eigenvalue weighted by Crippen LogP contribution is 2.25. The number of thioether (sulfide) groups is 1. The Morgan fingerprint density at radius 3 is 2.50 bits per heavy atom. The molecule has 1 amide bonds. The standard InChI is InChI=1S/C15H18N4O3S2/c1-3-13(23-14-8-10(2)17-9-18-14)15(20)19-11-4-6-12(7-5-11)24(16,21)22/h4-9,13H,3H2,1-2H3,(H,19,20)(H2,16,21,22). The van der Waals surface area contributed by atoms with Crippen LogP contribution in [0.1, 0.15) is 19.0 Å². The number of aryl methyl sites for hydroxylation is 1. The SMILES string of the molecule is CCC(Sc1cc(C)ncn1)C(=O)Nc1ccc(S(N)(=O)=O)cc1. The zero-order chi connectivity index (χ0) is 17.7. The lowest BCUT2D eigenvalue weighted by molar-refractivity contribution is -0.115. The minimum Gasteiger partial charge on any atom is -0.325 e. The molecule has 1 aromatic carbocycles. The van der Waals surface area contributed by atoms with Gasteiger partial charge in [0.25, 0.3) is 0 Å². The summed E-state index contributed by atoms with van der Waals surface area (Å²) >= 11 is 1.36. The van der Waals surface area contributed by atoms with Crippen molar-refractivity contribution in [1.29, 1.82) is 0 Å². The molecule has 0 aliphatic carbocycles. The Labute approximate surface area is 145 Å². The largest absolute Gasteiger partial charge is 0.325 e. The van der Waals surface area contributed by atoms with Crippen LogP contribution < -0.4 is 10.5 Å². The molecule has 0 saturated heterocycles. The molecule has 0 aliphatic heterocycles. The maximum Gasteiger partial charge on any atom is 0.238 e. The summed E-state index contributed by atoms with van der Waals surface area (Å²) in [7, 11) is -3.74. The van der Waals surface area contributed by atoms with Crippen LogP contribution in [0, 0.1) is 6.92 Å². The predicted molar refractivity (Wildman–Crippen MR) is 93.1 cm³/mol. The van der Waals surface area contributed by atoms with Gasteiger partial charge in [0.15, 0.2) is 0 Å². The van der Waals surface area contributed by atoms with Gasteiger partial charge in [0, 0.05) is 11.4 Å². The number of hydrogen-bond acceptors (Lipinski definition) is 6. The number of hydrogen-bond donors (Lipinski definition) is 2. The first-order valence-electron chi connectivity index (χ1n) is 7.18. The van der Waals surface area contributed by atoms with Crippen LogP contribution in [0.2, 0.25) is 0 Å². The van der Waals surface area contributed by atoms with E-state index in [1.807, 2.05) is 19.9 Å². The van der Waals surface area contributed by atoms with Gasteiger partial charge in [0.2, 0.25) is 15.9 Å². The summed E-state index contributed by atoms with van der Waals surface area (Å²) in [5, 5.41) is 8.22. The number of primary sulfonamides is 1. The van der Waals surface area contributed by atoms with Gasteiger partial charge in [-0.15, -0.1) is 0 Å². The van der Waals surface area contributed by atoms with Gasteiger partial charge in [-0.2, -0.15) is 0 Å². The van der Waals surface area contributed by atoms with Gasteiger partial charge in [-0.3, -0.25) is 4.79 Å². The third kappa shape index (κ3) is 5.02. The van der Waals surface area contributed by atoms with Crippen LogP contribution in [0.15, 0.2) is 46.6 Å². The zero-order valence-electron chi connectivity index (χ0n) is 13.3. The Bertz CT molecular complexity index is 823. The summed E-state index contributed by atoms with van der Waals surface area (Å²) < 4.78 is 22.5. The molecule has 3 N–H and O–H groups in total. The van der Waals surface area contributed by atoms with E-state index in [1.54, 1.807) is 0 Å². The maximum absolute atomic E-state index is 12.4. The second kappa shape index (κ2) is 7.73. The molecular weight excluding hydrogens is 348 g/mol. The van der Waals surface area contributed by atoms with Crippen molar-refractivity contribution in [2.75, 3.05) is 5.32 Å². The molecule has 2 rings (SSSR count). The number of amides is 1. The summed E-state index contributed by atoms with van der Waals surface area (Å²) in [4.78, 5) is 20.6. The third-order valence-electron chi connectivity index (χ3n) is 3.16. The number of nitrogens with zero attached hydrogens (tertiary/aromatic N) is 2. The number of aromatic nitrogens is 2. The van der Waals surface area contributed by atoms with Gasteiger partial charge in [0.1, 0.15) is 11.4 Å². The van der Waals surface area contributed by atoms with Crippen LogP contribution in [0.5, 0.6) is 0 Å². The Balaban J connectivity index is 2.06. The number of nitrogens with two attached hydrogens (primary N) is 1. The van der Waals surface area contributed by atoms with Crippen molar-refractivity contribution in [2.24, 2.45) is 5.14 Å². The fourth-order valence-electron chi connectivity index (χ4n) is 1.91. The van der Waals surface area contributed by atoms with Crippen LogP contribution in [0.25, 0.3) is 0 Å². The Kier molecular flexibility index (Phi) is 5.92. The smallest absolute Gasteiger partial charge is 0.238 e. The van der Waals surface area contributed by atoms with E-state index in [4.69, 9.17) is 5.14 Å². The van der Waals surface area contributed by atoms with Crippen molar-refractivity contribution < 1.29 is 13.2 Å². The fourth-order valence-corrected chi connectivity index (χ4v) is 3.40. The lowest BCUT2D eigenvalue weighted by Gasteiger charge is -2.14. The summed E-state index contributed by atoms with van der Waals surface area (Å²) in [6.07, 6.45) is 2.09. The number of carbonyl (C=O) groups excluding carboxylic acids is 1. The van der Waals surface area contributed by atoms with E-state index < -0.39 is 10.0 Å². The zero-order valence-corrected chi connectivity index (χ0v) is 14.9. The van der Waals surface area contributed by atoms with Gasteiger partial charge in [-0.25, -0.2) is 23.5 Å². The van der Waals surface area contributed by atoms with Crippen LogP contribution in [0.4, 0.5) is 5.69 Å². The average molecular weight is 366 g/mol. The van der Waals surface area contributed by atoms with Crippen molar-refractivity contribution in [3.8, 4) is 0 Å². The van der Waals surface area contributed by atoms with Crippen LogP contribution in [-0.2, 0) is 14.8 Å². The summed E-state index contributed by atoms with van der Waals surface area (Å²) in [6.45, 7) is 3.77. The van der Waals surface area contributed by atoms with Crippen LogP contribution in [-0.4, -0.2) is 29.5 Å². The second-order valence-electron chi connectivity index (χ2n) is 5.07. The number of rotatable bonds is 6. The van der Waals surface area contributed by atoms with E-state index in [2.05, 4.69) is 15.3 Å². The van der Waals surface area contributed by atoms with E-state index in [0.29, 0.717) is 12.1 Å². The maximum atomic E-state index is 12.4. The van der Waals surface area contributed by atoms with Gasteiger partial charge >= 0.3 is 0 Å². The Hall–Kier alpha value is -1.97. The molecular formula is C15H18N4O3S2. The van der Waals surface area contributed by atoms with E-state index in [-0.39, 0.29) is 16.1 Å². The quantitative estimate of drug-likeness (QED) is 0.596. The molecule has 0 bridgehead atoms. The third-order valence-corrected chi connectivity index (χ3v) is 5.38. The molecule has 7 nitrogen and oxygen atoms in total. The molecule has 0 spiro atoms. The van der Waals surface area contributed by atoms with Crippen LogP contribution >= 0.6 is 11.8 Å². The van der Waals surface area contributed by atoms with E-state index in [9.17, 15) is 13.2 Å². The first-order valence-corrected chi connectivity index (χ1v) is 9.61. The van der Waals surface area contributed by atoms with Gasteiger partial charge in [-0.1, -0.05) is 18.7 Å².